The van der Waals surface area contributed by atoms with Crippen LogP contribution >= 0.6 is 0 Å². The van der Waals surface area contributed by atoms with Crippen LogP contribution < -0.4 is 10.0 Å². The molecule has 33 heavy (non-hydrogen) atoms. The number of nitrogens with one attached hydrogen (secondary N) is 2. The van der Waals surface area contributed by atoms with Crippen LogP contribution in [0, 0.1) is 11.7 Å². The minimum atomic E-state index is -3.19. The molecule has 2 N–H and O–H groups in total. The van der Waals surface area contributed by atoms with E-state index in [1.54, 1.807) is 18.3 Å². The molecule has 10 heteroatoms. The Bertz CT molecular complexity index is 1190. The number of nitrogens with zero attached hydrogens (tertiary/aromatic N) is 4. The maximum Gasteiger partial charge on any atom is 0.224 e. The molecule has 0 unspecified atom stereocenters. The first-order valence-corrected chi connectivity index (χ1v) is 13.4. The lowest BCUT2D eigenvalue weighted by molar-refractivity contribution is 0.279. The SMILES string of the molecule is CCCCNc1ncc2c(-c3ccc(F)cc3)nn(C[C@H]3CC[C@H](NS(C)(=O)=O)CC3)c2n1. The lowest BCUT2D eigenvalue weighted by Crippen LogP contribution is -2.37. The van der Waals surface area contributed by atoms with E-state index in [4.69, 9.17) is 10.1 Å². The van der Waals surface area contributed by atoms with Crippen LogP contribution in [0.25, 0.3) is 22.3 Å². The van der Waals surface area contributed by atoms with Crippen molar-refractivity contribution < 1.29 is 12.8 Å². The summed E-state index contributed by atoms with van der Waals surface area (Å²) in [7, 11) is -3.19. The van der Waals surface area contributed by atoms with Gasteiger partial charge in [0.1, 0.15) is 11.5 Å². The number of fused-ring (bicyclic) bond motifs is 1. The number of hydrogen-bond donors (Lipinski definition) is 2. The number of aromatic nitrogens is 4. The third-order valence-corrected chi connectivity index (χ3v) is 6.84. The zero-order chi connectivity index (χ0) is 23.4. The second-order valence-electron chi connectivity index (χ2n) is 8.86. The van der Waals surface area contributed by atoms with E-state index >= 15 is 0 Å². The molecule has 0 aliphatic heterocycles. The maximum atomic E-state index is 13.5. The first-order valence-electron chi connectivity index (χ1n) is 11.5. The predicted molar refractivity (Wildman–Crippen MR) is 128 cm³/mol. The number of benzene rings is 1. The Morgan fingerprint density at radius 1 is 1.15 bits per heavy atom. The smallest absolute Gasteiger partial charge is 0.224 e. The number of unbranched alkanes of at least 4 members (excludes halogenated alkanes) is 1. The van der Waals surface area contributed by atoms with Gasteiger partial charge >= 0.3 is 0 Å². The molecule has 1 saturated carbocycles. The fourth-order valence-electron chi connectivity index (χ4n) is 4.38. The molecule has 2 aromatic heterocycles. The predicted octanol–water partition coefficient (Wildman–Crippen LogP) is 3.95. The monoisotopic (exact) mass is 474 g/mol. The molecular weight excluding hydrogens is 443 g/mol. The van der Waals surface area contributed by atoms with Crippen LogP contribution in [0.1, 0.15) is 45.4 Å². The molecule has 1 aliphatic rings. The lowest BCUT2D eigenvalue weighted by atomic mass is 9.86. The summed E-state index contributed by atoms with van der Waals surface area (Å²) in [4.78, 5) is 9.22. The third kappa shape index (κ3) is 6.05. The summed E-state index contributed by atoms with van der Waals surface area (Å²) in [5, 5.41) is 8.96. The van der Waals surface area contributed by atoms with Gasteiger partial charge in [-0.15, -0.1) is 0 Å². The Labute approximate surface area is 194 Å². The number of hydrogen-bond acceptors (Lipinski definition) is 6. The van der Waals surface area contributed by atoms with Crippen molar-refractivity contribution in [3.63, 3.8) is 0 Å². The Morgan fingerprint density at radius 3 is 2.55 bits per heavy atom. The minimum absolute atomic E-state index is 0.00270. The summed E-state index contributed by atoms with van der Waals surface area (Å²) in [5.74, 6) is 0.655. The minimum Gasteiger partial charge on any atom is -0.354 e. The summed E-state index contributed by atoms with van der Waals surface area (Å²) < 4.78 is 41.2. The van der Waals surface area contributed by atoms with Crippen molar-refractivity contribution in [2.75, 3.05) is 18.1 Å². The van der Waals surface area contributed by atoms with Gasteiger partial charge in [-0.05, 0) is 62.3 Å². The summed E-state index contributed by atoms with van der Waals surface area (Å²) in [6.45, 7) is 3.63. The van der Waals surface area contributed by atoms with Gasteiger partial charge in [0.25, 0.3) is 0 Å². The Hall–Kier alpha value is -2.59. The molecule has 4 rings (SSSR count). The first kappa shape index (κ1) is 23.6. The van der Waals surface area contributed by atoms with Crippen LogP contribution in [-0.2, 0) is 16.6 Å². The molecule has 2 heterocycles. The van der Waals surface area contributed by atoms with E-state index < -0.39 is 10.0 Å². The van der Waals surface area contributed by atoms with Crippen molar-refractivity contribution in [1.82, 2.24) is 24.5 Å². The van der Waals surface area contributed by atoms with Gasteiger partial charge in [0.05, 0.1) is 11.6 Å². The van der Waals surface area contributed by atoms with Crippen LogP contribution in [0.5, 0.6) is 0 Å². The highest BCUT2D eigenvalue weighted by atomic mass is 32.2. The highest BCUT2D eigenvalue weighted by Gasteiger charge is 2.25. The van der Waals surface area contributed by atoms with Crippen molar-refractivity contribution >= 4 is 27.0 Å². The van der Waals surface area contributed by atoms with Gasteiger partial charge in [-0.3, -0.25) is 0 Å². The Kier molecular flexibility index (Phi) is 7.23. The number of rotatable bonds is 9. The van der Waals surface area contributed by atoms with Crippen LogP contribution in [0.4, 0.5) is 10.3 Å². The van der Waals surface area contributed by atoms with Crippen molar-refractivity contribution in [3.05, 3.63) is 36.3 Å². The number of halogens is 1. The molecule has 1 fully saturated rings. The van der Waals surface area contributed by atoms with E-state index in [9.17, 15) is 12.8 Å². The maximum absolute atomic E-state index is 13.5. The van der Waals surface area contributed by atoms with E-state index in [1.165, 1.54) is 18.4 Å². The third-order valence-electron chi connectivity index (χ3n) is 6.08. The molecule has 0 atom stereocenters. The first-order chi connectivity index (χ1) is 15.8. The molecule has 0 amide bonds. The highest BCUT2D eigenvalue weighted by Crippen LogP contribution is 2.31. The molecule has 8 nitrogen and oxygen atoms in total. The molecule has 0 spiro atoms. The second-order valence-corrected chi connectivity index (χ2v) is 10.6. The average molecular weight is 475 g/mol. The highest BCUT2D eigenvalue weighted by molar-refractivity contribution is 7.88. The fraction of sp³-hybridized carbons (Fsp3) is 0.522. The normalized spacial score (nSPS) is 19.1. The molecule has 0 radical (unpaired) electrons. The van der Waals surface area contributed by atoms with E-state index in [0.717, 1.165) is 67.4 Å². The van der Waals surface area contributed by atoms with E-state index in [2.05, 4.69) is 21.9 Å². The van der Waals surface area contributed by atoms with Gasteiger partial charge in [-0.2, -0.15) is 10.1 Å². The number of sulfonamides is 1. The molecule has 178 valence electrons. The van der Waals surface area contributed by atoms with Gasteiger partial charge in [-0.25, -0.2) is 27.2 Å². The van der Waals surface area contributed by atoms with Crippen LogP contribution in [0.3, 0.4) is 0 Å². The van der Waals surface area contributed by atoms with Crippen LogP contribution in [0.15, 0.2) is 30.5 Å². The number of anilines is 1. The van der Waals surface area contributed by atoms with Gasteiger partial charge in [-0.1, -0.05) is 13.3 Å². The summed E-state index contributed by atoms with van der Waals surface area (Å²) in [6, 6.07) is 6.29. The molecule has 3 aromatic rings. The van der Waals surface area contributed by atoms with Crippen LogP contribution in [0.2, 0.25) is 0 Å². The molecule has 1 aliphatic carbocycles. The Balaban J connectivity index is 1.59. The summed E-state index contributed by atoms with van der Waals surface area (Å²) >= 11 is 0. The van der Waals surface area contributed by atoms with Crippen molar-refractivity contribution in [2.45, 2.75) is 58.0 Å². The molecular formula is C23H31FN6O2S. The summed E-state index contributed by atoms with van der Waals surface area (Å²) in [5.41, 5.74) is 2.30. The van der Waals surface area contributed by atoms with Crippen molar-refractivity contribution in [2.24, 2.45) is 5.92 Å². The van der Waals surface area contributed by atoms with E-state index in [-0.39, 0.29) is 11.9 Å². The van der Waals surface area contributed by atoms with E-state index in [1.807, 2.05) is 4.68 Å². The van der Waals surface area contributed by atoms with Gasteiger partial charge in [0, 0.05) is 30.9 Å². The fourth-order valence-corrected chi connectivity index (χ4v) is 5.22. The summed E-state index contributed by atoms with van der Waals surface area (Å²) in [6.07, 6.45) is 8.54. The van der Waals surface area contributed by atoms with Crippen LogP contribution in [-0.4, -0.2) is 47.0 Å². The average Bonchev–Trinajstić information content (AvgIpc) is 3.12. The standard InChI is InChI=1S/C23H31FN6O2S/c1-3-4-13-25-23-26-14-20-21(17-7-9-18(24)10-8-17)28-30(22(20)27-23)15-16-5-11-19(12-6-16)29-33(2,31)32/h7-10,14,16,19,29H,3-6,11-13,15H2,1-2H3,(H,25,26,27)/t16-,19-. The largest absolute Gasteiger partial charge is 0.354 e. The topological polar surface area (TPSA) is 102 Å². The second kappa shape index (κ2) is 10.1. The molecule has 1 aromatic carbocycles. The molecule has 0 bridgehead atoms. The van der Waals surface area contributed by atoms with Crippen molar-refractivity contribution in [3.8, 4) is 11.3 Å². The molecule has 0 saturated heterocycles. The van der Waals surface area contributed by atoms with Crippen molar-refractivity contribution in [1.29, 1.82) is 0 Å². The van der Waals surface area contributed by atoms with Gasteiger partial charge in [0.15, 0.2) is 5.65 Å². The zero-order valence-corrected chi connectivity index (χ0v) is 19.9. The lowest BCUT2D eigenvalue weighted by Gasteiger charge is -2.28. The quantitative estimate of drug-likeness (QED) is 0.455. The Morgan fingerprint density at radius 2 is 1.88 bits per heavy atom. The van der Waals surface area contributed by atoms with E-state index in [0.29, 0.717) is 18.4 Å². The zero-order valence-electron chi connectivity index (χ0n) is 19.1. The van der Waals surface area contributed by atoms with Gasteiger partial charge in [0.2, 0.25) is 16.0 Å². The van der Waals surface area contributed by atoms with Gasteiger partial charge < -0.3 is 5.32 Å².